The van der Waals surface area contributed by atoms with Crippen molar-refractivity contribution in [3.8, 4) is 0 Å². The second-order valence-corrected chi connectivity index (χ2v) is 7.12. The molecule has 2 aromatic heterocycles. The molecule has 3 N–H and O–H groups in total. The first kappa shape index (κ1) is 16.0. The lowest BCUT2D eigenvalue weighted by atomic mass is 9.79. The van der Waals surface area contributed by atoms with Gasteiger partial charge in [-0.3, -0.25) is 9.89 Å². The first-order valence-electron chi connectivity index (χ1n) is 9.01. The maximum absolute atomic E-state index is 12.8. The number of nitrogens with zero attached hydrogens (tertiary/aromatic N) is 3. The van der Waals surface area contributed by atoms with Gasteiger partial charge in [-0.15, -0.1) is 0 Å². The van der Waals surface area contributed by atoms with E-state index in [4.69, 9.17) is 5.73 Å². The van der Waals surface area contributed by atoms with Crippen LogP contribution in [0.15, 0.2) is 12.4 Å². The minimum atomic E-state index is 0.159. The Morgan fingerprint density at radius 1 is 1.20 bits per heavy atom. The molecule has 0 aliphatic heterocycles. The number of allylic oxidation sites excluding steroid dienone is 1. The number of Topliss-reactive ketones (excluding diaryl/α,β-unsaturated/α-hetero) is 1. The van der Waals surface area contributed by atoms with E-state index in [0.29, 0.717) is 23.9 Å². The molecule has 1 atom stereocenters. The zero-order valence-electron chi connectivity index (χ0n) is 14.5. The average Bonchev–Trinajstić information content (AvgIpc) is 3.26. The molecule has 0 saturated heterocycles. The van der Waals surface area contributed by atoms with E-state index >= 15 is 0 Å². The van der Waals surface area contributed by atoms with E-state index in [-0.39, 0.29) is 11.7 Å². The molecule has 6 heteroatoms. The standard InChI is InChI=1S/C19H23N5O/c1-11-15-8-16(13-9-21-22-10-13)17(25)7-6-14(12-4-2-3-5-12)18(15)24-19(20)23-11/h8-10,12,14H,2-7H2,1H3,(H,21,22)(H2,20,23,24)/b16-8-. The lowest BCUT2D eigenvalue weighted by Gasteiger charge is -2.27. The summed E-state index contributed by atoms with van der Waals surface area (Å²) in [5.41, 5.74) is 10.3. The molecular weight excluding hydrogens is 314 g/mol. The molecule has 0 radical (unpaired) electrons. The van der Waals surface area contributed by atoms with Crippen molar-refractivity contribution in [1.82, 2.24) is 20.2 Å². The van der Waals surface area contributed by atoms with E-state index < -0.39 is 0 Å². The minimum Gasteiger partial charge on any atom is -0.368 e. The fourth-order valence-electron chi connectivity index (χ4n) is 4.33. The Hall–Kier alpha value is -2.50. The number of carbonyl (C=O) groups is 1. The second kappa shape index (κ2) is 6.43. The number of rotatable bonds is 2. The van der Waals surface area contributed by atoms with Gasteiger partial charge in [0.05, 0.1) is 17.6 Å². The van der Waals surface area contributed by atoms with Crippen LogP contribution in [0.4, 0.5) is 5.95 Å². The number of nitrogen functional groups attached to an aromatic ring is 1. The Kier molecular flexibility index (Phi) is 4.11. The summed E-state index contributed by atoms with van der Waals surface area (Å²) >= 11 is 0. The molecule has 0 spiro atoms. The molecule has 2 heterocycles. The molecule has 2 aromatic rings. The SMILES string of the molecule is Cc1nc(N)nc2c1/C=C(/c1cn[nH]c1)C(=O)CCC2C1CCCC1. The predicted octanol–water partition coefficient (Wildman–Crippen LogP) is 3.27. The lowest BCUT2D eigenvalue weighted by Crippen LogP contribution is -2.19. The minimum absolute atomic E-state index is 0.159. The maximum atomic E-state index is 12.8. The highest BCUT2D eigenvalue weighted by atomic mass is 16.1. The number of H-pyrrole nitrogens is 1. The molecule has 4 rings (SSSR count). The van der Waals surface area contributed by atoms with E-state index in [1.165, 1.54) is 25.7 Å². The topological polar surface area (TPSA) is 97.5 Å². The summed E-state index contributed by atoms with van der Waals surface area (Å²) in [5.74, 6) is 1.35. The van der Waals surface area contributed by atoms with Crippen LogP contribution >= 0.6 is 0 Å². The molecule has 2 aliphatic carbocycles. The van der Waals surface area contributed by atoms with E-state index in [2.05, 4.69) is 20.2 Å². The van der Waals surface area contributed by atoms with Crippen LogP contribution in [0, 0.1) is 12.8 Å². The Balaban J connectivity index is 1.88. The third-order valence-corrected chi connectivity index (χ3v) is 5.58. The number of hydrogen-bond donors (Lipinski definition) is 2. The van der Waals surface area contributed by atoms with Gasteiger partial charge in [-0.05, 0) is 38.2 Å². The van der Waals surface area contributed by atoms with E-state index in [0.717, 1.165) is 28.9 Å². The van der Waals surface area contributed by atoms with Crippen molar-refractivity contribution in [3.05, 3.63) is 34.9 Å². The Morgan fingerprint density at radius 3 is 2.72 bits per heavy atom. The molecule has 0 aromatic carbocycles. The van der Waals surface area contributed by atoms with E-state index in [1.807, 2.05) is 13.0 Å². The number of fused-ring (bicyclic) bond motifs is 1. The largest absolute Gasteiger partial charge is 0.368 e. The van der Waals surface area contributed by atoms with Gasteiger partial charge < -0.3 is 5.73 Å². The van der Waals surface area contributed by atoms with Gasteiger partial charge in [0.15, 0.2) is 5.78 Å². The summed E-state index contributed by atoms with van der Waals surface area (Å²) in [7, 11) is 0. The van der Waals surface area contributed by atoms with Crippen molar-refractivity contribution in [2.45, 2.75) is 51.4 Å². The molecule has 6 nitrogen and oxygen atoms in total. The highest BCUT2D eigenvalue weighted by Gasteiger charge is 2.32. The van der Waals surface area contributed by atoms with Crippen LogP contribution in [0.2, 0.25) is 0 Å². The van der Waals surface area contributed by atoms with Crippen LogP contribution in [0.3, 0.4) is 0 Å². The summed E-state index contributed by atoms with van der Waals surface area (Å²) in [4.78, 5) is 21.8. The van der Waals surface area contributed by atoms with Crippen LogP contribution in [-0.4, -0.2) is 25.9 Å². The number of nitrogens with two attached hydrogens (primary N) is 1. The summed E-state index contributed by atoms with van der Waals surface area (Å²) in [5, 5.41) is 6.78. The molecule has 1 saturated carbocycles. The van der Waals surface area contributed by atoms with Crippen molar-refractivity contribution < 1.29 is 4.79 Å². The zero-order valence-corrected chi connectivity index (χ0v) is 14.5. The first-order valence-corrected chi connectivity index (χ1v) is 9.01. The van der Waals surface area contributed by atoms with Crippen LogP contribution in [0.5, 0.6) is 0 Å². The average molecular weight is 337 g/mol. The Morgan fingerprint density at radius 2 is 2.00 bits per heavy atom. The van der Waals surface area contributed by atoms with Crippen molar-refractivity contribution >= 4 is 23.4 Å². The van der Waals surface area contributed by atoms with Gasteiger partial charge in [0.2, 0.25) is 5.95 Å². The Labute approximate surface area is 147 Å². The zero-order chi connectivity index (χ0) is 17.4. The number of aromatic amines is 1. The number of aryl methyl sites for hydroxylation is 1. The summed E-state index contributed by atoms with van der Waals surface area (Å²) in [6.07, 6.45) is 11.7. The fourth-order valence-corrected chi connectivity index (χ4v) is 4.33. The van der Waals surface area contributed by atoms with Crippen molar-refractivity contribution in [2.75, 3.05) is 5.73 Å². The molecule has 0 bridgehead atoms. The molecule has 1 unspecified atom stereocenters. The molecular formula is C19H23N5O. The Bertz CT molecular complexity index is 819. The number of nitrogens with one attached hydrogen (secondary N) is 1. The van der Waals surface area contributed by atoms with Gasteiger partial charge in [0, 0.05) is 35.2 Å². The molecule has 1 fully saturated rings. The second-order valence-electron chi connectivity index (χ2n) is 7.12. The molecule has 130 valence electrons. The third kappa shape index (κ3) is 2.97. The van der Waals surface area contributed by atoms with Gasteiger partial charge in [-0.2, -0.15) is 5.10 Å². The smallest absolute Gasteiger partial charge is 0.220 e. The van der Waals surface area contributed by atoms with Crippen LogP contribution in [0.25, 0.3) is 11.6 Å². The fraction of sp³-hybridized carbons (Fsp3) is 0.474. The summed E-state index contributed by atoms with van der Waals surface area (Å²) in [6.45, 7) is 1.94. The number of hydrogen-bond acceptors (Lipinski definition) is 5. The number of aromatic nitrogens is 4. The van der Waals surface area contributed by atoms with Gasteiger partial charge in [0.25, 0.3) is 0 Å². The number of carbonyl (C=O) groups excluding carboxylic acids is 1. The normalized spacial score (nSPS) is 23.6. The summed E-state index contributed by atoms with van der Waals surface area (Å²) < 4.78 is 0. The van der Waals surface area contributed by atoms with Crippen LogP contribution < -0.4 is 5.73 Å². The van der Waals surface area contributed by atoms with Gasteiger partial charge in [0.1, 0.15) is 0 Å². The maximum Gasteiger partial charge on any atom is 0.220 e. The monoisotopic (exact) mass is 337 g/mol. The predicted molar refractivity (Wildman–Crippen MR) is 96.6 cm³/mol. The third-order valence-electron chi connectivity index (χ3n) is 5.58. The lowest BCUT2D eigenvalue weighted by molar-refractivity contribution is -0.113. The first-order chi connectivity index (χ1) is 12.1. The van der Waals surface area contributed by atoms with Crippen LogP contribution in [-0.2, 0) is 4.79 Å². The highest BCUT2D eigenvalue weighted by molar-refractivity contribution is 6.25. The van der Waals surface area contributed by atoms with Crippen molar-refractivity contribution in [1.29, 1.82) is 0 Å². The van der Waals surface area contributed by atoms with Gasteiger partial charge in [-0.1, -0.05) is 12.8 Å². The van der Waals surface area contributed by atoms with Crippen molar-refractivity contribution in [3.63, 3.8) is 0 Å². The molecule has 0 amide bonds. The quantitative estimate of drug-likeness (QED) is 0.876. The number of anilines is 1. The molecule has 25 heavy (non-hydrogen) atoms. The van der Waals surface area contributed by atoms with Gasteiger partial charge >= 0.3 is 0 Å². The highest BCUT2D eigenvalue weighted by Crippen LogP contribution is 2.43. The van der Waals surface area contributed by atoms with E-state index in [1.54, 1.807) is 12.4 Å². The van der Waals surface area contributed by atoms with Crippen LogP contribution in [0.1, 0.15) is 67.0 Å². The van der Waals surface area contributed by atoms with E-state index in [9.17, 15) is 4.79 Å². The summed E-state index contributed by atoms with van der Waals surface area (Å²) in [6, 6.07) is 0. The number of ketones is 1. The van der Waals surface area contributed by atoms with Gasteiger partial charge in [-0.25, -0.2) is 9.97 Å². The molecule has 2 aliphatic rings. The van der Waals surface area contributed by atoms with Crippen molar-refractivity contribution in [2.24, 2.45) is 5.92 Å².